The Hall–Kier alpha value is -3.53. The van der Waals surface area contributed by atoms with Gasteiger partial charge in [0.2, 0.25) is 5.91 Å². The third-order valence-electron chi connectivity index (χ3n) is 5.27. The number of fused-ring (bicyclic) bond motifs is 1. The smallest absolute Gasteiger partial charge is 0.255 e. The number of carbonyl (C=O) groups is 2. The molecule has 0 bridgehead atoms. The molecule has 2 aromatic heterocycles. The summed E-state index contributed by atoms with van der Waals surface area (Å²) >= 11 is 6.04. The summed E-state index contributed by atoms with van der Waals surface area (Å²) in [5, 5.41) is 14.7. The molecular weight excluding hydrogens is 437 g/mol. The molecule has 0 aliphatic carbocycles. The third kappa shape index (κ3) is 4.01. The minimum atomic E-state index is -1.01. The maximum absolute atomic E-state index is 13.0. The summed E-state index contributed by atoms with van der Waals surface area (Å²) in [5.41, 5.74) is 2.45. The summed E-state index contributed by atoms with van der Waals surface area (Å²) in [5.74, 6) is -0.863. The van der Waals surface area contributed by atoms with Crippen LogP contribution < -0.4 is 10.6 Å². The quantitative estimate of drug-likeness (QED) is 0.423. The van der Waals surface area contributed by atoms with Crippen molar-refractivity contribution >= 4 is 46.0 Å². The van der Waals surface area contributed by atoms with Gasteiger partial charge in [-0.15, -0.1) is 0 Å². The Morgan fingerprint density at radius 3 is 2.78 bits per heavy atom. The highest BCUT2D eigenvalue weighted by atomic mass is 35.5. The maximum atomic E-state index is 13.0. The summed E-state index contributed by atoms with van der Waals surface area (Å²) < 4.78 is 13.0. The number of rotatable bonds is 6. The highest BCUT2D eigenvalue weighted by molar-refractivity contribution is 6.31. The lowest BCUT2D eigenvalue weighted by Gasteiger charge is -2.36. The molecule has 1 atom stereocenters. The van der Waals surface area contributed by atoms with Gasteiger partial charge in [0, 0.05) is 29.5 Å². The van der Waals surface area contributed by atoms with Gasteiger partial charge >= 0.3 is 0 Å². The van der Waals surface area contributed by atoms with Crippen molar-refractivity contribution in [2.75, 3.05) is 25.5 Å². The molecule has 3 aromatic rings. The second-order valence-corrected chi connectivity index (χ2v) is 7.94. The van der Waals surface area contributed by atoms with Crippen LogP contribution in [-0.2, 0) is 4.79 Å². The predicted molar refractivity (Wildman–Crippen MR) is 119 cm³/mol. The molecule has 32 heavy (non-hydrogen) atoms. The van der Waals surface area contributed by atoms with Crippen molar-refractivity contribution in [3.63, 3.8) is 0 Å². The van der Waals surface area contributed by atoms with Crippen LogP contribution in [-0.4, -0.2) is 69.7 Å². The molecule has 1 aliphatic heterocycles. The van der Waals surface area contributed by atoms with Gasteiger partial charge in [-0.3, -0.25) is 15.0 Å². The highest BCUT2D eigenvalue weighted by Crippen LogP contribution is 2.24. The summed E-state index contributed by atoms with van der Waals surface area (Å²) in [6.45, 7) is 1.64. The normalized spacial score (nSPS) is 14.7. The van der Waals surface area contributed by atoms with Crippen molar-refractivity contribution in [1.82, 2.24) is 25.2 Å². The van der Waals surface area contributed by atoms with E-state index in [4.69, 9.17) is 17.0 Å². The van der Waals surface area contributed by atoms with Crippen LogP contribution in [0.25, 0.3) is 11.2 Å². The predicted octanol–water partition coefficient (Wildman–Crippen LogP) is 2.37. The van der Waals surface area contributed by atoms with Crippen molar-refractivity contribution in [2.24, 2.45) is 0 Å². The zero-order valence-electron chi connectivity index (χ0n) is 17.4. The Morgan fingerprint density at radius 2 is 2.09 bits per heavy atom. The van der Waals surface area contributed by atoms with Crippen LogP contribution in [0.2, 0.25) is 5.02 Å². The van der Waals surface area contributed by atoms with E-state index in [9.17, 15) is 14.0 Å². The van der Waals surface area contributed by atoms with Crippen molar-refractivity contribution in [2.45, 2.75) is 19.1 Å². The average molecular weight is 458 g/mol. The van der Waals surface area contributed by atoms with Gasteiger partial charge in [0.1, 0.15) is 23.4 Å². The molecule has 0 unspecified atom stereocenters. The van der Waals surface area contributed by atoms with Crippen molar-refractivity contribution < 1.29 is 14.0 Å². The summed E-state index contributed by atoms with van der Waals surface area (Å²) in [7, 11) is 1.72. The van der Waals surface area contributed by atoms with E-state index in [0.29, 0.717) is 21.9 Å². The van der Waals surface area contributed by atoms with Gasteiger partial charge in [0.25, 0.3) is 5.91 Å². The number of carbonyl (C=O) groups excluding carboxylic acids is 2. The van der Waals surface area contributed by atoms with Crippen LogP contribution in [0.5, 0.6) is 0 Å². The first-order valence-corrected chi connectivity index (χ1v) is 10.3. The molecule has 1 fully saturated rings. The maximum Gasteiger partial charge on any atom is 0.255 e. The number of nitrogens with one attached hydrogen (secondary N) is 4. The Bertz CT molecular complexity index is 1220. The monoisotopic (exact) mass is 457 g/mol. The van der Waals surface area contributed by atoms with E-state index >= 15 is 0 Å². The molecular formula is C21H21ClFN7O2. The lowest BCUT2D eigenvalue weighted by atomic mass is 10.1. The molecule has 9 nitrogen and oxygen atoms in total. The second kappa shape index (κ2) is 8.54. The summed E-state index contributed by atoms with van der Waals surface area (Å²) in [6.07, 6.45) is 1.89. The van der Waals surface area contributed by atoms with Crippen LogP contribution in [0, 0.1) is 5.41 Å². The number of aromatic nitrogens is 3. The number of alkyl halides is 1. The van der Waals surface area contributed by atoms with Crippen LogP contribution in [0.3, 0.4) is 0 Å². The lowest BCUT2D eigenvalue weighted by molar-refractivity contribution is -0.139. The van der Waals surface area contributed by atoms with Crippen molar-refractivity contribution in [1.29, 1.82) is 5.41 Å². The van der Waals surface area contributed by atoms with Crippen molar-refractivity contribution in [3.8, 4) is 0 Å². The number of likely N-dealkylation sites (tertiary alicyclic amines) is 1. The minimum Gasteiger partial charge on any atom is -0.388 e. The fourth-order valence-electron chi connectivity index (χ4n) is 3.48. The third-order valence-corrected chi connectivity index (χ3v) is 5.50. The summed E-state index contributed by atoms with van der Waals surface area (Å²) in [6, 6.07) is 4.27. The molecule has 1 saturated heterocycles. The minimum absolute atomic E-state index is 0.0440. The zero-order chi connectivity index (χ0) is 23.0. The number of H-pyrrole nitrogens is 1. The first kappa shape index (κ1) is 21.7. The van der Waals surface area contributed by atoms with E-state index in [2.05, 4.69) is 25.6 Å². The number of benzene rings is 1. The van der Waals surface area contributed by atoms with Gasteiger partial charge in [-0.05, 0) is 25.1 Å². The summed E-state index contributed by atoms with van der Waals surface area (Å²) in [4.78, 5) is 38.1. The first-order chi connectivity index (χ1) is 15.3. The van der Waals surface area contributed by atoms with Crippen LogP contribution in [0.15, 0.2) is 30.6 Å². The molecule has 4 N–H and O–H groups in total. The van der Waals surface area contributed by atoms with Gasteiger partial charge in [-0.25, -0.2) is 14.4 Å². The second-order valence-electron chi connectivity index (χ2n) is 7.51. The van der Waals surface area contributed by atoms with E-state index in [0.717, 1.165) is 0 Å². The lowest BCUT2D eigenvalue weighted by Crippen LogP contribution is -2.57. The van der Waals surface area contributed by atoms with Gasteiger partial charge < -0.3 is 20.5 Å². The molecule has 2 amide bonds. The number of anilines is 1. The highest BCUT2D eigenvalue weighted by Gasteiger charge is 2.33. The molecule has 0 radical (unpaired) electrons. The number of halogens is 2. The molecule has 1 aliphatic rings. The van der Waals surface area contributed by atoms with E-state index in [1.165, 1.54) is 17.3 Å². The number of hydrogen-bond donors (Lipinski definition) is 4. The Morgan fingerprint density at radius 1 is 1.34 bits per heavy atom. The fraction of sp³-hybridized carbons (Fsp3) is 0.286. The zero-order valence-corrected chi connectivity index (χ0v) is 18.1. The van der Waals surface area contributed by atoms with E-state index in [1.54, 1.807) is 32.2 Å². The van der Waals surface area contributed by atoms with Crippen LogP contribution in [0.4, 0.5) is 10.1 Å². The Labute approximate surface area is 187 Å². The van der Waals surface area contributed by atoms with Crippen LogP contribution >= 0.6 is 11.6 Å². The topological polar surface area (TPSA) is 127 Å². The van der Waals surface area contributed by atoms with Crippen LogP contribution in [0.1, 0.15) is 28.5 Å². The molecule has 1 aromatic carbocycles. The average Bonchev–Trinajstić information content (AvgIpc) is 3.19. The molecule has 4 rings (SSSR count). The molecule has 3 heterocycles. The fourth-order valence-corrected chi connectivity index (χ4v) is 3.65. The largest absolute Gasteiger partial charge is 0.388 e. The first-order valence-electron chi connectivity index (χ1n) is 9.93. The standard InChI is InChI=1S/C21H21ClFN7O2/c1-10(21(32)30-8-12(23)9-30)28-20(31)14-6-26-19-18(14)29-16(7-27-19)17(24)13-4-3-11(22)5-15(13)25-2/h3-7,10,12,24-25H,8-9H2,1-2H3,(H,26,27)(H,28,31)/t10-/m1/s1. The Balaban J connectivity index is 1.58. The number of aromatic amines is 1. The molecule has 0 spiro atoms. The number of amides is 2. The van der Waals surface area contributed by atoms with Gasteiger partial charge in [-0.1, -0.05) is 11.6 Å². The van der Waals surface area contributed by atoms with Gasteiger partial charge in [-0.2, -0.15) is 0 Å². The Kier molecular flexibility index (Phi) is 5.79. The van der Waals surface area contributed by atoms with E-state index < -0.39 is 18.1 Å². The number of nitrogens with zero attached hydrogens (tertiary/aromatic N) is 3. The molecule has 166 valence electrons. The van der Waals surface area contributed by atoms with Gasteiger partial charge in [0.05, 0.1) is 30.6 Å². The van der Waals surface area contributed by atoms with Crippen molar-refractivity contribution in [3.05, 3.63) is 52.4 Å². The van der Waals surface area contributed by atoms with Gasteiger partial charge in [0.15, 0.2) is 5.65 Å². The molecule has 0 saturated carbocycles. The number of hydrogen-bond acceptors (Lipinski definition) is 6. The SMILES string of the molecule is CNc1cc(Cl)ccc1C(=N)c1cnc2[nH]cc(C(=O)N[C@H](C)C(=O)N3CC(F)C3)c2n1. The molecule has 11 heteroatoms. The van der Waals surface area contributed by atoms with E-state index in [-0.39, 0.29) is 41.5 Å². The van der Waals surface area contributed by atoms with E-state index in [1.807, 2.05) is 0 Å².